The van der Waals surface area contributed by atoms with E-state index in [1.54, 1.807) is 0 Å². The van der Waals surface area contributed by atoms with E-state index in [1.807, 2.05) is 11.3 Å². The Morgan fingerprint density at radius 3 is 2.24 bits per heavy atom. The summed E-state index contributed by atoms with van der Waals surface area (Å²) in [6.45, 7) is 2.29. The van der Waals surface area contributed by atoms with Crippen LogP contribution in [0.3, 0.4) is 0 Å². The fourth-order valence-electron chi connectivity index (χ4n) is 2.94. The molecule has 21 heavy (non-hydrogen) atoms. The molecular weight excluding hydrogens is 274 g/mol. The van der Waals surface area contributed by atoms with E-state index >= 15 is 0 Å². The molecule has 122 valence electrons. The van der Waals surface area contributed by atoms with E-state index in [-0.39, 0.29) is 0 Å². The summed E-state index contributed by atoms with van der Waals surface area (Å²) >= 11 is 1.89. The minimum atomic E-state index is 0.727. The fraction of sp³-hybridized carbons (Fsp3) is 0.789. The Labute approximate surface area is 136 Å². The molecule has 1 aromatic heterocycles. The summed E-state index contributed by atoms with van der Waals surface area (Å²) in [6.07, 6.45) is 16.6. The van der Waals surface area contributed by atoms with E-state index in [2.05, 4.69) is 36.8 Å². The first-order valence-corrected chi connectivity index (χ1v) is 9.94. The molecule has 0 amide bonds. The molecule has 0 fully saturated rings. The average Bonchev–Trinajstić information content (AvgIpc) is 3.01. The van der Waals surface area contributed by atoms with Crippen molar-refractivity contribution >= 4 is 11.3 Å². The number of nitrogens with one attached hydrogen (secondary N) is 1. The van der Waals surface area contributed by atoms with Gasteiger partial charge in [-0.15, -0.1) is 11.3 Å². The van der Waals surface area contributed by atoms with Crippen LogP contribution in [-0.2, 0) is 6.42 Å². The molecule has 0 aromatic carbocycles. The van der Waals surface area contributed by atoms with E-state index in [1.165, 1.54) is 81.9 Å². The molecule has 1 aromatic rings. The van der Waals surface area contributed by atoms with E-state index in [9.17, 15) is 0 Å². The predicted octanol–water partition coefficient (Wildman–Crippen LogP) is 6.19. The Morgan fingerprint density at radius 1 is 0.952 bits per heavy atom. The molecule has 0 aliphatic carbocycles. The molecule has 0 aliphatic heterocycles. The number of aryl methyl sites for hydroxylation is 1. The van der Waals surface area contributed by atoms with Crippen molar-refractivity contribution in [1.29, 1.82) is 0 Å². The second-order valence-corrected chi connectivity index (χ2v) is 7.25. The molecule has 1 heterocycles. The van der Waals surface area contributed by atoms with Gasteiger partial charge in [-0.3, -0.25) is 0 Å². The third-order valence-electron chi connectivity index (χ3n) is 4.37. The summed E-state index contributed by atoms with van der Waals surface area (Å²) in [5, 5.41) is 5.69. The van der Waals surface area contributed by atoms with Crippen molar-refractivity contribution in [2.24, 2.45) is 0 Å². The minimum absolute atomic E-state index is 0.727. The molecular formula is C19H35NS. The third kappa shape index (κ3) is 10.1. The van der Waals surface area contributed by atoms with Crippen LogP contribution in [0.4, 0.5) is 0 Å². The Morgan fingerprint density at radius 2 is 1.62 bits per heavy atom. The molecule has 0 saturated heterocycles. The van der Waals surface area contributed by atoms with Gasteiger partial charge in [0.1, 0.15) is 0 Å². The Kier molecular flexibility index (Phi) is 11.9. The topological polar surface area (TPSA) is 12.0 Å². The van der Waals surface area contributed by atoms with Gasteiger partial charge < -0.3 is 5.32 Å². The highest BCUT2D eigenvalue weighted by Crippen LogP contribution is 2.15. The van der Waals surface area contributed by atoms with Gasteiger partial charge in [-0.25, -0.2) is 0 Å². The van der Waals surface area contributed by atoms with Gasteiger partial charge in [-0.05, 0) is 44.2 Å². The lowest BCUT2D eigenvalue weighted by molar-refractivity contribution is 0.446. The minimum Gasteiger partial charge on any atom is -0.317 e. The molecule has 0 spiro atoms. The van der Waals surface area contributed by atoms with Crippen molar-refractivity contribution in [2.45, 2.75) is 90.0 Å². The van der Waals surface area contributed by atoms with Crippen LogP contribution in [0.15, 0.2) is 17.5 Å². The van der Waals surface area contributed by atoms with Gasteiger partial charge >= 0.3 is 0 Å². The maximum Gasteiger partial charge on any atom is 0.00641 e. The quantitative estimate of drug-likeness (QED) is 0.404. The second-order valence-electron chi connectivity index (χ2n) is 6.22. The summed E-state index contributed by atoms with van der Waals surface area (Å²) in [4.78, 5) is 1.54. The van der Waals surface area contributed by atoms with Crippen LogP contribution in [-0.4, -0.2) is 13.1 Å². The standard InChI is InChI=1S/C19H35NS/c1-3-4-5-6-7-8-9-10-13-18(20-2)14-11-15-19-16-12-17-21-19/h12,16-18,20H,3-11,13-15H2,1-2H3. The summed E-state index contributed by atoms with van der Waals surface area (Å²) < 4.78 is 0. The number of hydrogen-bond acceptors (Lipinski definition) is 2. The number of unbranched alkanes of at least 4 members (excludes halogenated alkanes) is 7. The smallest absolute Gasteiger partial charge is 0.00641 e. The molecule has 0 bridgehead atoms. The highest BCUT2D eigenvalue weighted by Gasteiger charge is 2.06. The summed E-state index contributed by atoms with van der Waals surface area (Å²) in [5.74, 6) is 0. The first kappa shape index (κ1) is 18.7. The van der Waals surface area contributed by atoms with E-state index in [0.717, 1.165) is 6.04 Å². The fourth-order valence-corrected chi connectivity index (χ4v) is 3.69. The van der Waals surface area contributed by atoms with Gasteiger partial charge in [0, 0.05) is 10.9 Å². The highest BCUT2D eigenvalue weighted by molar-refractivity contribution is 7.09. The van der Waals surface area contributed by atoms with Crippen LogP contribution in [0.25, 0.3) is 0 Å². The van der Waals surface area contributed by atoms with Gasteiger partial charge in [-0.2, -0.15) is 0 Å². The third-order valence-corrected chi connectivity index (χ3v) is 5.31. The monoisotopic (exact) mass is 309 g/mol. The lowest BCUT2D eigenvalue weighted by Gasteiger charge is -2.15. The van der Waals surface area contributed by atoms with Gasteiger partial charge in [-0.1, -0.05) is 64.4 Å². The predicted molar refractivity (Wildman–Crippen MR) is 97.3 cm³/mol. The first-order valence-electron chi connectivity index (χ1n) is 9.06. The zero-order valence-corrected chi connectivity index (χ0v) is 15.0. The second kappa shape index (κ2) is 13.3. The number of thiophene rings is 1. The molecule has 1 N–H and O–H groups in total. The lowest BCUT2D eigenvalue weighted by atomic mass is 10.0. The number of rotatable bonds is 14. The van der Waals surface area contributed by atoms with E-state index in [4.69, 9.17) is 0 Å². The Balaban J connectivity index is 1.93. The van der Waals surface area contributed by atoms with Crippen molar-refractivity contribution in [2.75, 3.05) is 7.05 Å². The van der Waals surface area contributed by atoms with Crippen molar-refractivity contribution in [3.63, 3.8) is 0 Å². The van der Waals surface area contributed by atoms with Crippen LogP contribution >= 0.6 is 11.3 Å². The van der Waals surface area contributed by atoms with Gasteiger partial charge in [0.15, 0.2) is 0 Å². The van der Waals surface area contributed by atoms with Crippen LogP contribution in [0.2, 0.25) is 0 Å². The molecule has 1 atom stereocenters. The van der Waals surface area contributed by atoms with Crippen LogP contribution in [0.5, 0.6) is 0 Å². The maximum atomic E-state index is 3.50. The van der Waals surface area contributed by atoms with E-state index in [0.29, 0.717) is 0 Å². The molecule has 1 unspecified atom stereocenters. The van der Waals surface area contributed by atoms with Gasteiger partial charge in [0.2, 0.25) is 0 Å². The van der Waals surface area contributed by atoms with Crippen molar-refractivity contribution < 1.29 is 0 Å². The summed E-state index contributed by atoms with van der Waals surface area (Å²) in [5.41, 5.74) is 0. The van der Waals surface area contributed by atoms with E-state index < -0.39 is 0 Å². The van der Waals surface area contributed by atoms with Crippen LogP contribution in [0.1, 0.15) is 82.4 Å². The Bertz CT molecular complexity index is 307. The zero-order valence-electron chi connectivity index (χ0n) is 14.2. The molecule has 0 saturated carbocycles. The van der Waals surface area contributed by atoms with Crippen LogP contribution < -0.4 is 5.32 Å². The number of hydrogen-bond donors (Lipinski definition) is 1. The Hall–Kier alpha value is -0.340. The van der Waals surface area contributed by atoms with Gasteiger partial charge in [0.25, 0.3) is 0 Å². The van der Waals surface area contributed by atoms with Gasteiger partial charge in [0.05, 0.1) is 0 Å². The molecule has 0 radical (unpaired) electrons. The summed E-state index contributed by atoms with van der Waals surface area (Å²) in [7, 11) is 2.13. The first-order chi connectivity index (χ1) is 10.4. The molecule has 1 nitrogen and oxygen atoms in total. The van der Waals surface area contributed by atoms with Crippen molar-refractivity contribution in [3.05, 3.63) is 22.4 Å². The lowest BCUT2D eigenvalue weighted by Crippen LogP contribution is -2.25. The van der Waals surface area contributed by atoms with Crippen molar-refractivity contribution in [1.82, 2.24) is 5.32 Å². The molecule has 1 rings (SSSR count). The highest BCUT2D eigenvalue weighted by atomic mass is 32.1. The normalized spacial score (nSPS) is 12.7. The maximum absolute atomic E-state index is 3.50. The zero-order chi connectivity index (χ0) is 15.2. The summed E-state index contributed by atoms with van der Waals surface area (Å²) in [6, 6.07) is 5.15. The molecule has 2 heteroatoms. The largest absolute Gasteiger partial charge is 0.317 e. The molecule has 0 aliphatic rings. The SMILES string of the molecule is CCCCCCCCCCC(CCCc1cccs1)NC. The van der Waals surface area contributed by atoms with Crippen LogP contribution in [0, 0.1) is 0 Å². The van der Waals surface area contributed by atoms with Crippen molar-refractivity contribution in [3.8, 4) is 0 Å². The average molecular weight is 310 g/mol.